The lowest BCUT2D eigenvalue weighted by Gasteiger charge is -2.26. The third-order valence-electron chi connectivity index (χ3n) is 5.29. The molecule has 152 valence electrons. The summed E-state index contributed by atoms with van der Waals surface area (Å²) in [6.45, 7) is 8.54. The molecule has 0 spiro atoms. The molecule has 1 fully saturated rings. The lowest BCUT2D eigenvalue weighted by Crippen LogP contribution is -2.33. The van der Waals surface area contributed by atoms with Gasteiger partial charge < -0.3 is 14.7 Å². The van der Waals surface area contributed by atoms with E-state index in [-0.39, 0.29) is 5.91 Å². The summed E-state index contributed by atoms with van der Waals surface area (Å²) >= 11 is 0. The Kier molecular flexibility index (Phi) is 7.60. The second kappa shape index (κ2) is 10.4. The van der Waals surface area contributed by atoms with Crippen molar-refractivity contribution in [3.8, 4) is 11.4 Å². The van der Waals surface area contributed by atoms with Gasteiger partial charge in [0.15, 0.2) is 0 Å². The van der Waals surface area contributed by atoms with Crippen LogP contribution in [0.2, 0.25) is 0 Å². The fourth-order valence-corrected chi connectivity index (χ4v) is 3.51. The van der Waals surface area contributed by atoms with Crippen LogP contribution in [0.3, 0.4) is 0 Å². The van der Waals surface area contributed by atoms with Crippen LogP contribution >= 0.6 is 0 Å². The van der Waals surface area contributed by atoms with Gasteiger partial charge in [-0.25, -0.2) is 0 Å². The van der Waals surface area contributed by atoms with Gasteiger partial charge in [0.1, 0.15) is 0 Å². The Morgan fingerprint density at radius 2 is 1.93 bits per heavy atom. The van der Waals surface area contributed by atoms with E-state index in [1.54, 1.807) is 0 Å². The number of aromatic nitrogens is 2. The van der Waals surface area contributed by atoms with E-state index in [9.17, 15) is 4.79 Å². The summed E-state index contributed by atoms with van der Waals surface area (Å²) in [7, 11) is 0. The Morgan fingerprint density at radius 1 is 1.18 bits per heavy atom. The maximum atomic E-state index is 12.0. The molecule has 6 nitrogen and oxygen atoms in total. The molecule has 0 bridgehead atoms. The van der Waals surface area contributed by atoms with Crippen molar-refractivity contribution in [2.24, 2.45) is 0 Å². The highest BCUT2D eigenvalue weighted by molar-refractivity contribution is 5.75. The lowest BCUT2D eigenvalue weighted by atomic mass is 10.0. The number of carbonyl (C=O) groups excluding carboxylic acids is 1. The van der Waals surface area contributed by atoms with Gasteiger partial charge in [0.25, 0.3) is 0 Å². The van der Waals surface area contributed by atoms with Gasteiger partial charge in [-0.3, -0.25) is 4.79 Å². The zero-order chi connectivity index (χ0) is 19.8. The summed E-state index contributed by atoms with van der Waals surface area (Å²) < 4.78 is 5.30. The van der Waals surface area contributed by atoms with Crippen LogP contribution in [0.4, 0.5) is 0 Å². The van der Waals surface area contributed by atoms with Gasteiger partial charge in [0.05, 0.1) is 0 Å². The van der Waals surface area contributed by atoms with E-state index in [1.165, 1.54) is 37.9 Å². The largest absolute Gasteiger partial charge is 0.356 e. The molecule has 1 amide bonds. The smallest absolute Gasteiger partial charge is 0.227 e. The number of aryl methyl sites for hydroxylation is 1. The highest BCUT2D eigenvalue weighted by Gasteiger charge is 2.12. The average molecular weight is 385 g/mol. The van der Waals surface area contributed by atoms with E-state index in [2.05, 4.69) is 46.3 Å². The van der Waals surface area contributed by atoms with Crippen molar-refractivity contribution in [2.75, 3.05) is 26.2 Å². The van der Waals surface area contributed by atoms with E-state index in [4.69, 9.17) is 4.52 Å². The number of carbonyl (C=O) groups is 1. The first-order valence-corrected chi connectivity index (χ1v) is 10.5. The van der Waals surface area contributed by atoms with Crippen LogP contribution in [0.5, 0.6) is 0 Å². The number of rotatable bonds is 9. The van der Waals surface area contributed by atoms with E-state index in [0.29, 0.717) is 30.5 Å². The van der Waals surface area contributed by atoms with Gasteiger partial charge >= 0.3 is 0 Å². The van der Waals surface area contributed by atoms with E-state index >= 15 is 0 Å². The molecule has 1 aliphatic rings. The van der Waals surface area contributed by atoms with Gasteiger partial charge in [-0.15, -0.1) is 0 Å². The minimum atomic E-state index is 0.0414. The Labute approximate surface area is 167 Å². The summed E-state index contributed by atoms with van der Waals surface area (Å²) in [5.41, 5.74) is 2.21. The number of likely N-dealkylation sites (tertiary alicyclic amines) is 1. The Bertz CT molecular complexity index is 733. The molecule has 28 heavy (non-hydrogen) atoms. The quantitative estimate of drug-likeness (QED) is 0.666. The average Bonchev–Trinajstić information content (AvgIpc) is 3.19. The lowest BCUT2D eigenvalue weighted by molar-refractivity contribution is -0.121. The second-order valence-electron chi connectivity index (χ2n) is 7.89. The number of hydrogen-bond donors (Lipinski definition) is 1. The molecule has 0 radical (unpaired) electrons. The zero-order valence-corrected chi connectivity index (χ0v) is 17.1. The first-order chi connectivity index (χ1) is 13.6. The van der Waals surface area contributed by atoms with Crippen LogP contribution in [-0.2, 0) is 11.2 Å². The van der Waals surface area contributed by atoms with Crippen molar-refractivity contribution in [2.45, 2.75) is 58.3 Å². The van der Waals surface area contributed by atoms with Gasteiger partial charge in [0.2, 0.25) is 17.6 Å². The number of nitrogens with one attached hydrogen (secondary N) is 1. The monoisotopic (exact) mass is 384 g/mol. The van der Waals surface area contributed by atoms with Gasteiger partial charge in [0, 0.05) is 24.9 Å². The van der Waals surface area contributed by atoms with E-state index in [0.717, 1.165) is 25.1 Å². The predicted octanol–water partition coefficient (Wildman–Crippen LogP) is 3.78. The van der Waals surface area contributed by atoms with Crippen LogP contribution < -0.4 is 5.32 Å². The summed E-state index contributed by atoms with van der Waals surface area (Å²) in [5.74, 6) is 1.62. The molecule has 0 unspecified atom stereocenters. The summed E-state index contributed by atoms with van der Waals surface area (Å²) in [4.78, 5) is 18.9. The topological polar surface area (TPSA) is 71.3 Å². The van der Waals surface area contributed by atoms with Gasteiger partial charge in [-0.2, -0.15) is 4.98 Å². The van der Waals surface area contributed by atoms with Crippen molar-refractivity contribution in [3.05, 3.63) is 35.7 Å². The molecule has 1 N–H and O–H groups in total. The Hall–Kier alpha value is -2.21. The number of hydrogen-bond acceptors (Lipinski definition) is 5. The minimum Gasteiger partial charge on any atom is -0.356 e. The molecule has 1 aliphatic heterocycles. The molecule has 1 aromatic carbocycles. The third kappa shape index (κ3) is 6.16. The summed E-state index contributed by atoms with van der Waals surface area (Å²) in [6.07, 6.45) is 5.81. The van der Waals surface area contributed by atoms with Crippen LogP contribution in [0.1, 0.15) is 63.3 Å². The van der Waals surface area contributed by atoms with Crippen LogP contribution in [0.25, 0.3) is 11.4 Å². The van der Waals surface area contributed by atoms with Crippen LogP contribution in [0.15, 0.2) is 28.8 Å². The van der Waals surface area contributed by atoms with E-state index in [1.807, 2.05) is 12.1 Å². The molecule has 1 aromatic heterocycles. The van der Waals surface area contributed by atoms with Crippen molar-refractivity contribution < 1.29 is 9.32 Å². The van der Waals surface area contributed by atoms with Gasteiger partial charge in [-0.05, 0) is 50.4 Å². The Balaban J connectivity index is 1.37. The second-order valence-corrected chi connectivity index (χ2v) is 7.89. The molecule has 2 aromatic rings. The molecule has 6 heteroatoms. The molecule has 2 heterocycles. The molecule has 3 rings (SSSR count). The first-order valence-electron chi connectivity index (χ1n) is 10.5. The van der Waals surface area contributed by atoms with E-state index < -0.39 is 0 Å². The Morgan fingerprint density at radius 3 is 2.64 bits per heavy atom. The fraction of sp³-hybridized carbons (Fsp3) is 0.591. The molecular weight excluding hydrogens is 352 g/mol. The minimum absolute atomic E-state index is 0.0414. The van der Waals surface area contributed by atoms with Crippen molar-refractivity contribution in [1.29, 1.82) is 0 Å². The first kappa shape index (κ1) is 20.5. The van der Waals surface area contributed by atoms with Crippen LogP contribution in [0, 0.1) is 0 Å². The molecule has 0 aliphatic carbocycles. The molecule has 1 saturated heterocycles. The number of benzene rings is 1. The SMILES string of the molecule is CC(C)c1ccc(-c2noc(CCC(=O)NCCCN3CCCCC3)n2)cc1. The highest BCUT2D eigenvalue weighted by Crippen LogP contribution is 2.20. The fourth-order valence-electron chi connectivity index (χ4n) is 3.51. The molecular formula is C22H32N4O2. The molecule has 0 atom stereocenters. The third-order valence-corrected chi connectivity index (χ3v) is 5.29. The summed E-state index contributed by atoms with van der Waals surface area (Å²) in [6, 6.07) is 8.21. The zero-order valence-electron chi connectivity index (χ0n) is 17.1. The van der Waals surface area contributed by atoms with Crippen molar-refractivity contribution in [3.63, 3.8) is 0 Å². The highest BCUT2D eigenvalue weighted by atomic mass is 16.5. The number of nitrogens with zero attached hydrogens (tertiary/aromatic N) is 3. The van der Waals surface area contributed by atoms with Crippen molar-refractivity contribution >= 4 is 5.91 Å². The molecule has 0 saturated carbocycles. The number of amides is 1. The van der Waals surface area contributed by atoms with Crippen molar-refractivity contribution in [1.82, 2.24) is 20.4 Å². The number of piperidine rings is 1. The van der Waals surface area contributed by atoms with Crippen LogP contribution in [-0.4, -0.2) is 47.1 Å². The standard InChI is InChI=1S/C22H32N4O2/c1-17(2)18-7-9-19(10-8-18)22-24-21(28-25-22)12-11-20(27)23-13-6-16-26-14-4-3-5-15-26/h7-10,17H,3-6,11-16H2,1-2H3,(H,23,27). The maximum Gasteiger partial charge on any atom is 0.227 e. The maximum absolute atomic E-state index is 12.0. The normalized spacial score (nSPS) is 15.1. The van der Waals surface area contributed by atoms with Gasteiger partial charge in [-0.1, -0.05) is 49.7 Å². The predicted molar refractivity (Wildman–Crippen MR) is 110 cm³/mol. The summed E-state index contributed by atoms with van der Waals surface area (Å²) in [5, 5.41) is 7.04.